The molecule has 1 aromatic heterocycles. The fourth-order valence-corrected chi connectivity index (χ4v) is 2.19. The molecule has 1 fully saturated rings. The Morgan fingerprint density at radius 1 is 1.55 bits per heavy atom. The van der Waals surface area contributed by atoms with Gasteiger partial charge in [0.25, 0.3) is 5.91 Å². The highest BCUT2D eigenvalue weighted by Crippen LogP contribution is 2.28. The number of rotatable bonds is 2. The minimum atomic E-state index is -4.47. The summed E-state index contributed by atoms with van der Waals surface area (Å²) < 4.78 is 43.1. The van der Waals surface area contributed by atoms with Gasteiger partial charge in [-0.15, -0.1) is 0 Å². The van der Waals surface area contributed by atoms with Gasteiger partial charge in [0.2, 0.25) is 0 Å². The number of hydrogen-bond acceptors (Lipinski definition) is 2. The Morgan fingerprint density at radius 2 is 2.30 bits per heavy atom. The van der Waals surface area contributed by atoms with Gasteiger partial charge >= 0.3 is 6.18 Å². The molecule has 7 heteroatoms. The number of nitrogens with one attached hydrogen (secondary N) is 1. The molecule has 1 aliphatic heterocycles. The minimum Gasteiger partial charge on any atom is -0.376 e. The zero-order chi connectivity index (χ0) is 14.8. The lowest BCUT2D eigenvalue weighted by molar-refractivity contribution is -0.140. The normalized spacial score (nSPS) is 20.8. The van der Waals surface area contributed by atoms with Gasteiger partial charge in [0, 0.05) is 25.9 Å². The molecule has 0 saturated carbocycles. The number of H-pyrrole nitrogens is 1. The monoisotopic (exact) mass is 290 g/mol. The summed E-state index contributed by atoms with van der Waals surface area (Å²) in [6.45, 7) is 3.45. The Morgan fingerprint density at radius 3 is 2.90 bits per heavy atom. The number of aromatic nitrogens is 1. The lowest BCUT2D eigenvalue weighted by Gasteiger charge is -2.22. The Kier molecular flexibility index (Phi) is 4.37. The van der Waals surface area contributed by atoms with Gasteiger partial charge in [0.1, 0.15) is 5.69 Å². The van der Waals surface area contributed by atoms with E-state index in [-0.39, 0.29) is 17.6 Å². The first-order valence-corrected chi connectivity index (χ1v) is 6.58. The maximum Gasteiger partial charge on any atom is 0.431 e. The van der Waals surface area contributed by atoms with Crippen LogP contribution in [0.2, 0.25) is 0 Å². The molecular formula is C13H17F3N2O2. The van der Waals surface area contributed by atoms with Crippen molar-refractivity contribution < 1.29 is 22.7 Å². The maximum absolute atomic E-state index is 12.5. The Balaban J connectivity index is 2.11. The largest absolute Gasteiger partial charge is 0.431 e. The van der Waals surface area contributed by atoms with Crippen molar-refractivity contribution in [2.75, 3.05) is 19.7 Å². The predicted molar refractivity (Wildman–Crippen MR) is 66.3 cm³/mol. The molecule has 1 aliphatic rings. The number of nitrogens with zero attached hydrogens (tertiary/aromatic N) is 1. The van der Waals surface area contributed by atoms with Crippen molar-refractivity contribution in [3.63, 3.8) is 0 Å². The number of carbonyl (C=O) groups is 1. The van der Waals surface area contributed by atoms with Crippen LogP contribution in [0.1, 0.15) is 35.8 Å². The number of ether oxygens (including phenoxy) is 1. The summed E-state index contributed by atoms with van der Waals surface area (Å²) in [6.07, 6.45) is -1.95. The average Bonchev–Trinajstić information content (AvgIpc) is 2.77. The van der Waals surface area contributed by atoms with Gasteiger partial charge in [-0.05, 0) is 18.9 Å². The highest BCUT2D eigenvalue weighted by molar-refractivity contribution is 5.94. The quantitative estimate of drug-likeness (QED) is 0.910. The molecule has 1 unspecified atom stereocenters. The van der Waals surface area contributed by atoms with E-state index >= 15 is 0 Å². The summed E-state index contributed by atoms with van der Waals surface area (Å²) in [5.41, 5.74) is -0.868. The average molecular weight is 290 g/mol. The molecule has 1 amide bonds. The summed E-state index contributed by atoms with van der Waals surface area (Å²) in [5.74, 6) is -0.388. The third-order valence-electron chi connectivity index (χ3n) is 3.33. The molecule has 2 heterocycles. The van der Waals surface area contributed by atoms with E-state index in [1.165, 1.54) is 0 Å². The third-order valence-corrected chi connectivity index (χ3v) is 3.33. The highest BCUT2D eigenvalue weighted by Gasteiger charge is 2.33. The third kappa shape index (κ3) is 3.33. The van der Waals surface area contributed by atoms with Crippen molar-refractivity contribution in [3.8, 4) is 0 Å². The summed E-state index contributed by atoms with van der Waals surface area (Å²) in [7, 11) is 0. The van der Waals surface area contributed by atoms with Gasteiger partial charge < -0.3 is 14.6 Å². The van der Waals surface area contributed by atoms with Crippen LogP contribution < -0.4 is 0 Å². The SMILES string of the molecule is CCC1CN(C(=O)c2c[nH]c(C(F)(F)F)c2)CCCO1. The lowest BCUT2D eigenvalue weighted by Crippen LogP contribution is -2.36. The molecule has 0 aliphatic carbocycles. The van der Waals surface area contributed by atoms with E-state index in [1.807, 2.05) is 6.92 Å². The zero-order valence-electron chi connectivity index (χ0n) is 11.2. The van der Waals surface area contributed by atoms with Crippen LogP contribution in [0.3, 0.4) is 0 Å². The van der Waals surface area contributed by atoms with E-state index < -0.39 is 11.9 Å². The van der Waals surface area contributed by atoms with Crippen molar-refractivity contribution in [1.29, 1.82) is 0 Å². The zero-order valence-corrected chi connectivity index (χ0v) is 11.2. The molecular weight excluding hydrogens is 273 g/mol. The van der Waals surface area contributed by atoms with Crippen LogP contribution in [0.5, 0.6) is 0 Å². The highest BCUT2D eigenvalue weighted by atomic mass is 19.4. The minimum absolute atomic E-state index is 0.0362. The molecule has 112 valence electrons. The van der Waals surface area contributed by atoms with Crippen LogP contribution in [-0.4, -0.2) is 41.6 Å². The first kappa shape index (κ1) is 14.9. The summed E-state index contributed by atoms with van der Waals surface area (Å²) >= 11 is 0. The molecule has 4 nitrogen and oxygen atoms in total. The van der Waals surface area contributed by atoms with E-state index in [2.05, 4.69) is 4.98 Å². The second kappa shape index (κ2) is 5.87. The number of amides is 1. The summed E-state index contributed by atoms with van der Waals surface area (Å²) in [4.78, 5) is 15.9. The molecule has 1 saturated heterocycles. The van der Waals surface area contributed by atoms with Crippen LogP contribution in [-0.2, 0) is 10.9 Å². The number of carbonyl (C=O) groups excluding carboxylic acids is 1. The summed E-state index contributed by atoms with van der Waals surface area (Å²) in [6, 6.07) is 0.856. The van der Waals surface area contributed by atoms with Gasteiger partial charge in [-0.3, -0.25) is 4.79 Å². The number of aromatic amines is 1. The Hall–Kier alpha value is -1.50. The number of alkyl halides is 3. The van der Waals surface area contributed by atoms with E-state index in [1.54, 1.807) is 4.90 Å². The Bertz CT molecular complexity index is 470. The van der Waals surface area contributed by atoms with Crippen LogP contribution >= 0.6 is 0 Å². The van der Waals surface area contributed by atoms with Crippen molar-refractivity contribution >= 4 is 5.91 Å². The van der Waals surface area contributed by atoms with Gasteiger partial charge in [-0.2, -0.15) is 13.2 Å². The van der Waals surface area contributed by atoms with Crippen LogP contribution in [0.15, 0.2) is 12.3 Å². The smallest absolute Gasteiger partial charge is 0.376 e. The first-order chi connectivity index (χ1) is 9.41. The summed E-state index contributed by atoms with van der Waals surface area (Å²) in [5, 5.41) is 0. The first-order valence-electron chi connectivity index (χ1n) is 6.58. The standard InChI is InChI=1S/C13H17F3N2O2/c1-2-10-8-18(4-3-5-20-10)12(19)9-6-11(17-7-9)13(14,15)16/h6-7,10,17H,2-5,8H2,1H3. The Labute approximate surface area is 114 Å². The van der Waals surface area contributed by atoms with E-state index in [4.69, 9.17) is 4.74 Å². The molecule has 0 bridgehead atoms. The van der Waals surface area contributed by atoms with Crippen molar-refractivity contribution in [3.05, 3.63) is 23.5 Å². The fraction of sp³-hybridized carbons (Fsp3) is 0.615. The van der Waals surface area contributed by atoms with Crippen LogP contribution in [0.25, 0.3) is 0 Å². The molecule has 1 N–H and O–H groups in total. The maximum atomic E-state index is 12.5. The van der Waals surface area contributed by atoms with E-state index in [0.29, 0.717) is 26.1 Å². The second-order valence-electron chi connectivity index (χ2n) is 4.81. The van der Waals surface area contributed by atoms with E-state index in [9.17, 15) is 18.0 Å². The van der Waals surface area contributed by atoms with Crippen LogP contribution in [0, 0.1) is 0 Å². The van der Waals surface area contributed by atoms with E-state index in [0.717, 1.165) is 18.7 Å². The van der Waals surface area contributed by atoms with Crippen molar-refractivity contribution in [2.45, 2.75) is 32.0 Å². The fourth-order valence-electron chi connectivity index (χ4n) is 2.19. The lowest BCUT2D eigenvalue weighted by atomic mass is 10.2. The molecule has 1 aromatic rings. The van der Waals surface area contributed by atoms with Crippen LogP contribution in [0.4, 0.5) is 13.2 Å². The second-order valence-corrected chi connectivity index (χ2v) is 4.81. The molecule has 0 aromatic carbocycles. The van der Waals surface area contributed by atoms with Gasteiger partial charge in [0.15, 0.2) is 0 Å². The molecule has 0 radical (unpaired) electrons. The molecule has 1 atom stereocenters. The van der Waals surface area contributed by atoms with Gasteiger partial charge in [0.05, 0.1) is 11.7 Å². The van der Waals surface area contributed by atoms with Gasteiger partial charge in [-0.1, -0.05) is 6.92 Å². The molecule has 20 heavy (non-hydrogen) atoms. The molecule has 0 spiro atoms. The molecule has 2 rings (SSSR count). The topological polar surface area (TPSA) is 45.3 Å². The number of hydrogen-bond donors (Lipinski definition) is 1. The number of halogens is 3. The van der Waals surface area contributed by atoms with Gasteiger partial charge in [-0.25, -0.2) is 0 Å². The van der Waals surface area contributed by atoms with Crippen molar-refractivity contribution in [1.82, 2.24) is 9.88 Å². The predicted octanol–water partition coefficient (Wildman–Crippen LogP) is 2.67. The van der Waals surface area contributed by atoms with Crippen molar-refractivity contribution in [2.24, 2.45) is 0 Å².